The molecule has 0 spiro atoms. The minimum atomic E-state index is -0.283. The zero-order valence-corrected chi connectivity index (χ0v) is 13.5. The van der Waals surface area contributed by atoms with Crippen molar-refractivity contribution in [1.82, 2.24) is 9.97 Å². The number of aromatic nitrogens is 2. The summed E-state index contributed by atoms with van der Waals surface area (Å²) in [4.78, 5) is 9.16. The molecule has 0 atom stereocenters. The molecule has 0 saturated heterocycles. The quantitative estimate of drug-likeness (QED) is 0.869. The lowest BCUT2D eigenvalue weighted by atomic mass is 10.0. The number of nitrogens with zero attached hydrogens (tertiary/aromatic N) is 2. The van der Waals surface area contributed by atoms with Crippen LogP contribution >= 0.6 is 15.9 Å². The average molecular weight is 350 g/mol. The first-order valence-electron chi connectivity index (χ1n) is 7.19. The van der Waals surface area contributed by atoms with Crippen molar-refractivity contribution in [3.05, 3.63) is 40.2 Å². The summed E-state index contributed by atoms with van der Waals surface area (Å²) in [6.07, 6.45) is 4.85. The Morgan fingerprint density at radius 1 is 1.19 bits per heavy atom. The highest BCUT2D eigenvalue weighted by molar-refractivity contribution is 9.10. The summed E-state index contributed by atoms with van der Waals surface area (Å²) in [5.74, 6) is 1.55. The van der Waals surface area contributed by atoms with Crippen LogP contribution in [0.3, 0.4) is 0 Å². The molecular weight excluding hydrogens is 333 g/mol. The van der Waals surface area contributed by atoms with Crippen LogP contribution in [0.15, 0.2) is 28.7 Å². The highest BCUT2D eigenvalue weighted by Gasteiger charge is 2.20. The zero-order valence-electron chi connectivity index (χ0n) is 11.9. The van der Waals surface area contributed by atoms with Crippen LogP contribution in [-0.2, 0) is 0 Å². The van der Waals surface area contributed by atoms with E-state index in [9.17, 15) is 4.39 Å². The van der Waals surface area contributed by atoms with Gasteiger partial charge in [-0.15, -0.1) is 0 Å². The first kappa shape index (κ1) is 14.4. The molecule has 1 aliphatic rings. The highest BCUT2D eigenvalue weighted by atomic mass is 79.9. The Bertz CT molecular complexity index is 654. The van der Waals surface area contributed by atoms with Crippen molar-refractivity contribution in [3.8, 4) is 11.4 Å². The molecule has 5 heteroatoms. The molecule has 1 fully saturated rings. The summed E-state index contributed by atoms with van der Waals surface area (Å²) in [5, 5.41) is 3.07. The van der Waals surface area contributed by atoms with E-state index in [1.165, 1.54) is 37.8 Å². The summed E-state index contributed by atoms with van der Waals surface area (Å²) in [6, 6.07) is 6.59. The van der Waals surface area contributed by atoms with Crippen LogP contribution in [0.25, 0.3) is 11.4 Å². The predicted molar refractivity (Wildman–Crippen MR) is 85.9 cm³/mol. The summed E-state index contributed by atoms with van der Waals surface area (Å²) in [5.41, 5.74) is 1.74. The van der Waals surface area contributed by atoms with E-state index < -0.39 is 0 Å². The molecular formula is C16H17BrFN3. The second kappa shape index (κ2) is 6.10. The van der Waals surface area contributed by atoms with Crippen molar-refractivity contribution in [2.75, 3.05) is 12.4 Å². The van der Waals surface area contributed by atoms with E-state index >= 15 is 0 Å². The molecule has 2 aromatic rings. The van der Waals surface area contributed by atoms with E-state index in [1.54, 1.807) is 6.07 Å². The van der Waals surface area contributed by atoms with Gasteiger partial charge in [-0.1, -0.05) is 28.8 Å². The van der Waals surface area contributed by atoms with Crippen LogP contribution in [-0.4, -0.2) is 17.0 Å². The maximum Gasteiger partial charge on any atom is 0.163 e. The standard InChI is InChI=1S/C16H17BrFN3/c1-19-15-9-14(10-4-2-3-5-10)20-16(21-15)12-8-11(18)6-7-13(12)17/h6-10H,2-5H2,1H3,(H,19,20,21). The molecule has 21 heavy (non-hydrogen) atoms. The van der Waals surface area contributed by atoms with Gasteiger partial charge in [0, 0.05) is 34.8 Å². The molecule has 0 bridgehead atoms. The molecule has 1 saturated carbocycles. The number of anilines is 1. The number of halogens is 2. The van der Waals surface area contributed by atoms with E-state index in [0.717, 1.165) is 16.0 Å². The molecule has 3 nitrogen and oxygen atoms in total. The normalized spacial score (nSPS) is 15.4. The largest absolute Gasteiger partial charge is 0.373 e. The van der Waals surface area contributed by atoms with Gasteiger partial charge in [-0.25, -0.2) is 14.4 Å². The lowest BCUT2D eigenvalue weighted by Crippen LogP contribution is -2.04. The van der Waals surface area contributed by atoms with Gasteiger partial charge >= 0.3 is 0 Å². The lowest BCUT2D eigenvalue weighted by molar-refractivity contribution is 0.627. The number of hydrogen-bond donors (Lipinski definition) is 1. The summed E-state index contributed by atoms with van der Waals surface area (Å²) >= 11 is 3.45. The maximum atomic E-state index is 13.5. The Morgan fingerprint density at radius 2 is 1.95 bits per heavy atom. The first-order chi connectivity index (χ1) is 10.2. The molecule has 1 aromatic heterocycles. The Balaban J connectivity index is 2.08. The van der Waals surface area contributed by atoms with Gasteiger partial charge in [0.25, 0.3) is 0 Å². The van der Waals surface area contributed by atoms with Crippen LogP contribution in [0.2, 0.25) is 0 Å². The monoisotopic (exact) mass is 349 g/mol. The SMILES string of the molecule is CNc1cc(C2CCCC2)nc(-c2cc(F)ccc2Br)n1. The van der Waals surface area contributed by atoms with E-state index in [1.807, 2.05) is 13.1 Å². The van der Waals surface area contributed by atoms with Crippen LogP contribution in [0.5, 0.6) is 0 Å². The van der Waals surface area contributed by atoms with E-state index in [0.29, 0.717) is 17.3 Å². The Kier molecular flexibility index (Phi) is 4.19. The fourth-order valence-corrected chi connectivity index (χ4v) is 3.24. The van der Waals surface area contributed by atoms with E-state index in [4.69, 9.17) is 0 Å². The van der Waals surface area contributed by atoms with Crippen molar-refractivity contribution in [1.29, 1.82) is 0 Å². The fraction of sp³-hybridized carbons (Fsp3) is 0.375. The second-order valence-electron chi connectivity index (χ2n) is 5.36. The number of rotatable bonds is 3. The van der Waals surface area contributed by atoms with Crippen LogP contribution in [0.1, 0.15) is 37.3 Å². The average Bonchev–Trinajstić information content (AvgIpc) is 3.03. The number of benzene rings is 1. The Morgan fingerprint density at radius 3 is 2.67 bits per heavy atom. The molecule has 3 rings (SSSR count). The highest BCUT2D eigenvalue weighted by Crippen LogP contribution is 2.35. The summed E-state index contributed by atoms with van der Waals surface area (Å²) in [7, 11) is 1.84. The minimum absolute atomic E-state index is 0.283. The van der Waals surface area contributed by atoms with Crippen molar-refractivity contribution in [2.45, 2.75) is 31.6 Å². The second-order valence-corrected chi connectivity index (χ2v) is 6.21. The smallest absolute Gasteiger partial charge is 0.163 e. The van der Waals surface area contributed by atoms with Crippen LogP contribution in [0, 0.1) is 5.82 Å². The van der Waals surface area contributed by atoms with Gasteiger partial charge < -0.3 is 5.32 Å². The molecule has 0 unspecified atom stereocenters. The molecule has 1 N–H and O–H groups in total. The minimum Gasteiger partial charge on any atom is -0.373 e. The third-order valence-electron chi connectivity index (χ3n) is 3.94. The van der Waals surface area contributed by atoms with Crippen LogP contribution < -0.4 is 5.32 Å². The van der Waals surface area contributed by atoms with Crippen molar-refractivity contribution >= 4 is 21.7 Å². The third-order valence-corrected chi connectivity index (χ3v) is 4.64. The molecule has 1 aliphatic carbocycles. The Labute approximate surface area is 132 Å². The van der Waals surface area contributed by atoms with Gasteiger partial charge in [-0.3, -0.25) is 0 Å². The van der Waals surface area contributed by atoms with Gasteiger partial charge in [0.05, 0.1) is 0 Å². The van der Waals surface area contributed by atoms with E-state index in [2.05, 4.69) is 31.2 Å². The van der Waals surface area contributed by atoms with Gasteiger partial charge in [0.15, 0.2) is 5.82 Å². The fourth-order valence-electron chi connectivity index (χ4n) is 2.81. The molecule has 0 aliphatic heterocycles. The van der Waals surface area contributed by atoms with Crippen molar-refractivity contribution in [3.63, 3.8) is 0 Å². The zero-order chi connectivity index (χ0) is 14.8. The van der Waals surface area contributed by atoms with Gasteiger partial charge in [-0.05, 0) is 31.0 Å². The Hall–Kier alpha value is -1.49. The summed E-state index contributed by atoms with van der Waals surface area (Å²) in [6.45, 7) is 0. The third kappa shape index (κ3) is 3.07. The molecule has 1 heterocycles. The summed E-state index contributed by atoms with van der Waals surface area (Å²) < 4.78 is 14.3. The van der Waals surface area contributed by atoms with Crippen molar-refractivity contribution in [2.24, 2.45) is 0 Å². The van der Waals surface area contributed by atoms with Gasteiger partial charge in [0.1, 0.15) is 11.6 Å². The molecule has 110 valence electrons. The lowest BCUT2D eigenvalue weighted by Gasteiger charge is -2.13. The molecule has 0 amide bonds. The number of nitrogens with one attached hydrogen (secondary N) is 1. The van der Waals surface area contributed by atoms with Crippen LogP contribution in [0.4, 0.5) is 10.2 Å². The predicted octanol–water partition coefficient (Wildman–Crippen LogP) is 4.74. The maximum absolute atomic E-state index is 13.5. The molecule has 0 radical (unpaired) electrons. The topological polar surface area (TPSA) is 37.8 Å². The molecule has 1 aromatic carbocycles. The van der Waals surface area contributed by atoms with Gasteiger partial charge in [0.2, 0.25) is 0 Å². The number of hydrogen-bond acceptors (Lipinski definition) is 3. The first-order valence-corrected chi connectivity index (χ1v) is 7.99. The van der Waals surface area contributed by atoms with Crippen molar-refractivity contribution < 1.29 is 4.39 Å². The van der Waals surface area contributed by atoms with Gasteiger partial charge in [-0.2, -0.15) is 0 Å². The van der Waals surface area contributed by atoms with E-state index in [-0.39, 0.29) is 5.82 Å².